The molecule has 134 valence electrons. The highest BCUT2D eigenvalue weighted by atomic mass is 79.9. The van der Waals surface area contributed by atoms with Gasteiger partial charge in [0.15, 0.2) is 5.82 Å². The third kappa shape index (κ3) is 4.32. The normalized spacial score (nSPS) is 11.2. The van der Waals surface area contributed by atoms with Crippen LogP contribution in [0.15, 0.2) is 70.2 Å². The summed E-state index contributed by atoms with van der Waals surface area (Å²) in [7, 11) is 0. The molecule has 0 amide bonds. The van der Waals surface area contributed by atoms with Crippen LogP contribution in [0.3, 0.4) is 0 Å². The summed E-state index contributed by atoms with van der Waals surface area (Å²) in [4.78, 5) is 18.9. The third-order valence-electron chi connectivity index (χ3n) is 3.98. The monoisotopic (exact) mass is 413 g/mol. The van der Waals surface area contributed by atoms with Crippen LogP contribution in [0.5, 0.6) is 5.75 Å². The third-order valence-corrected chi connectivity index (χ3v) is 4.39. The number of nitrogens with zero attached hydrogens (tertiary/aromatic N) is 1. The molecule has 2 aromatic carbocycles. The molecule has 0 unspecified atom stereocenters. The van der Waals surface area contributed by atoms with Crippen molar-refractivity contribution in [3.8, 4) is 5.75 Å². The van der Waals surface area contributed by atoms with Gasteiger partial charge >= 0.3 is 0 Å². The number of benzene rings is 2. The van der Waals surface area contributed by atoms with Crippen molar-refractivity contribution >= 4 is 21.7 Å². The standard InChI is InChI=1S/C20H20BrN3O2/c1-20(2,24-18-19(25)22-12-17(21)23-18)15-10-6-7-11-16(15)26-13-14-8-4-3-5-9-14/h3-12H,13H2,1-2H3,(H,22,25)(H,23,24). The lowest BCUT2D eigenvalue weighted by molar-refractivity contribution is 0.298. The summed E-state index contributed by atoms with van der Waals surface area (Å²) in [5, 5.41) is 3.22. The van der Waals surface area contributed by atoms with E-state index in [2.05, 4.69) is 31.2 Å². The molecule has 3 aromatic rings. The SMILES string of the molecule is CC(C)(Nc1nc(Br)c[nH]c1=O)c1ccccc1OCc1ccccc1. The quantitative estimate of drug-likeness (QED) is 0.625. The van der Waals surface area contributed by atoms with Crippen molar-refractivity contribution in [1.29, 1.82) is 0 Å². The molecule has 0 saturated carbocycles. The van der Waals surface area contributed by atoms with Gasteiger partial charge in [0.1, 0.15) is 17.0 Å². The molecule has 26 heavy (non-hydrogen) atoms. The number of aromatic nitrogens is 2. The molecular weight excluding hydrogens is 394 g/mol. The van der Waals surface area contributed by atoms with E-state index in [0.717, 1.165) is 16.9 Å². The van der Waals surface area contributed by atoms with Gasteiger partial charge in [-0.05, 0) is 41.4 Å². The van der Waals surface area contributed by atoms with Crippen molar-refractivity contribution in [3.05, 3.63) is 86.9 Å². The van der Waals surface area contributed by atoms with Gasteiger partial charge in [0.25, 0.3) is 5.56 Å². The van der Waals surface area contributed by atoms with E-state index in [-0.39, 0.29) is 11.4 Å². The number of para-hydroxylation sites is 1. The lowest BCUT2D eigenvalue weighted by Gasteiger charge is -2.29. The van der Waals surface area contributed by atoms with E-state index in [0.29, 0.717) is 11.2 Å². The number of rotatable bonds is 6. The topological polar surface area (TPSA) is 67.0 Å². The van der Waals surface area contributed by atoms with Crippen molar-refractivity contribution < 1.29 is 4.74 Å². The Kier molecular flexibility index (Phi) is 5.42. The maximum atomic E-state index is 12.0. The number of anilines is 1. The summed E-state index contributed by atoms with van der Waals surface area (Å²) in [6, 6.07) is 17.8. The molecule has 3 rings (SSSR count). The first-order valence-corrected chi connectivity index (χ1v) is 9.05. The van der Waals surface area contributed by atoms with Crippen LogP contribution >= 0.6 is 15.9 Å². The summed E-state index contributed by atoms with van der Waals surface area (Å²) < 4.78 is 6.60. The number of hydrogen-bond acceptors (Lipinski definition) is 4. The molecule has 0 radical (unpaired) electrons. The molecule has 5 nitrogen and oxygen atoms in total. The molecule has 0 aliphatic carbocycles. The predicted octanol–water partition coefficient (Wildman–Crippen LogP) is 4.46. The Hall–Kier alpha value is -2.60. The second-order valence-corrected chi connectivity index (χ2v) is 7.23. The Morgan fingerprint density at radius 2 is 1.81 bits per heavy atom. The summed E-state index contributed by atoms with van der Waals surface area (Å²) in [5.41, 5.74) is 1.20. The zero-order chi connectivity index (χ0) is 18.6. The Labute approximate surface area is 160 Å². The van der Waals surface area contributed by atoms with E-state index < -0.39 is 5.54 Å². The Morgan fingerprint density at radius 3 is 2.58 bits per heavy atom. The van der Waals surface area contributed by atoms with Gasteiger partial charge in [-0.2, -0.15) is 0 Å². The molecule has 0 spiro atoms. The van der Waals surface area contributed by atoms with Gasteiger partial charge in [-0.1, -0.05) is 48.5 Å². The van der Waals surface area contributed by atoms with Crippen molar-refractivity contribution in [2.75, 3.05) is 5.32 Å². The van der Waals surface area contributed by atoms with Crippen molar-refractivity contribution in [1.82, 2.24) is 9.97 Å². The first kappa shape index (κ1) is 18.2. The summed E-state index contributed by atoms with van der Waals surface area (Å²) in [5.74, 6) is 1.02. The minimum absolute atomic E-state index is 0.252. The van der Waals surface area contributed by atoms with Gasteiger partial charge in [-0.3, -0.25) is 4.79 Å². The highest BCUT2D eigenvalue weighted by Crippen LogP contribution is 2.32. The van der Waals surface area contributed by atoms with Gasteiger partial charge in [-0.25, -0.2) is 4.98 Å². The number of nitrogens with one attached hydrogen (secondary N) is 2. The van der Waals surface area contributed by atoms with E-state index in [1.165, 1.54) is 6.20 Å². The number of ether oxygens (including phenoxy) is 1. The van der Waals surface area contributed by atoms with Crippen LogP contribution < -0.4 is 15.6 Å². The van der Waals surface area contributed by atoms with Gasteiger partial charge < -0.3 is 15.0 Å². The first-order chi connectivity index (χ1) is 12.5. The largest absolute Gasteiger partial charge is 0.489 e. The molecule has 0 aliphatic heterocycles. The second-order valence-electron chi connectivity index (χ2n) is 6.42. The molecule has 2 N–H and O–H groups in total. The zero-order valence-corrected chi connectivity index (χ0v) is 16.2. The zero-order valence-electron chi connectivity index (χ0n) is 14.6. The van der Waals surface area contributed by atoms with E-state index >= 15 is 0 Å². The Bertz CT molecular complexity index is 939. The fourth-order valence-electron chi connectivity index (χ4n) is 2.68. The number of halogens is 1. The van der Waals surface area contributed by atoms with Gasteiger partial charge in [-0.15, -0.1) is 0 Å². The smallest absolute Gasteiger partial charge is 0.290 e. The molecule has 0 atom stereocenters. The molecule has 1 aromatic heterocycles. The van der Waals surface area contributed by atoms with Crippen LogP contribution in [0.2, 0.25) is 0 Å². The van der Waals surface area contributed by atoms with Crippen LogP contribution in [-0.2, 0) is 12.1 Å². The van der Waals surface area contributed by atoms with Crippen LogP contribution in [0, 0.1) is 0 Å². The van der Waals surface area contributed by atoms with Gasteiger partial charge in [0.2, 0.25) is 0 Å². The minimum atomic E-state index is -0.561. The summed E-state index contributed by atoms with van der Waals surface area (Å²) in [6.45, 7) is 4.45. The fourth-order valence-corrected chi connectivity index (χ4v) is 2.97. The van der Waals surface area contributed by atoms with Crippen LogP contribution in [-0.4, -0.2) is 9.97 Å². The summed E-state index contributed by atoms with van der Waals surface area (Å²) >= 11 is 3.28. The Balaban J connectivity index is 1.85. The van der Waals surface area contributed by atoms with E-state index in [9.17, 15) is 4.79 Å². The van der Waals surface area contributed by atoms with Gasteiger partial charge in [0, 0.05) is 11.8 Å². The van der Waals surface area contributed by atoms with Crippen molar-refractivity contribution in [2.45, 2.75) is 26.0 Å². The molecule has 0 fully saturated rings. The molecule has 6 heteroatoms. The number of hydrogen-bond donors (Lipinski definition) is 2. The maximum absolute atomic E-state index is 12.0. The first-order valence-electron chi connectivity index (χ1n) is 8.25. The number of H-pyrrole nitrogens is 1. The molecular formula is C20H20BrN3O2. The summed E-state index contributed by atoms with van der Waals surface area (Å²) in [6.07, 6.45) is 1.51. The minimum Gasteiger partial charge on any atom is -0.489 e. The molecule has 0 bridgehead atoms. The van der Waals surface area contributed by atoms with Crippen LogP contribution in [0.25, 0.3) is 0 Å². The maximum Gasteiger partial charge on any atom is 0.290 e. The van der Waals surface area contributed by atoms with E-state index in [1.807, 2.05) is 68.4 Å². The Morgan fingerprint density at radius 1 is 1.12 bits per heavy atom. The number of aromatic amines is 1. The lowest BCUT2D eigenvalue weighted by atomic mass is 9.93. The average Bonchev–Trinajstić information content (AvgIpc) is 2.64. The van der Waals surface area contributed by atoms with E-state index in [4.69, 9.17) is 4.74 Å². The molecule has 1 heterocycles. The second kappa shape index (κ2) is 7.74. The van der Waals surface area contributed by atoms with Crippen LogP contribution in [0.1, 0.15) is 25.0 Å². The highest BCUT2D eigenvalue weighted by Gasteiger charge is 2.26. The molecule has 0 aliphatic rings. The van der Waals surface area contributed by atoms with Gasteiger partial charge in [0.05, 0.1) is 5.54 Å². The average molecular weight is 414 g/mol. The molecule has 0 saturated heterocycles. The lowest BCUT2D eigenvalue weighted by Crippen LogP contribution is -2.32. The highest BCUT2D eigenvalue weighted by molar-refractivity contribution is 9.10. The van der Waals surface area contributed by atoms with E-state index in [1.54, 1.807) is 0 Å². The predicted molar refractivity (Wildman–Crippen MR) is 106 cm³/mol. The van der Waals surface area contributed by atoms with Crippen molar-refractivity contribution in [3.63, 3.8) is 0 Å². The van der Waals surface area contributed by atoms with Crippen molar-refractivity contribution in [2.24, 2.45) is 0 Å². The fraction of sp³-hybridized carbons (Fsp3) is 0.200. The van der Waals surface area contributed by atoms with Crippen LogP contribution in [0.4, 0.5) is 5.82 Å².